The van der Waals surface area contributed by atoms with Gasteiger partial charge in [0.2, 0.25) is 5.91 Å². The van der Waals surface area contributed by atoms with Gasteiger partial charge in [-0.3, -0.25) is 9.59 Å². The van der Waals surface area contributed by atoms with E-state index in [0.717, 1.165) is 0 Å². The Kier molecular flexibility index (Phi) is 6.88. The van der Waals surface area contributed by atoms with E-state index >= 15 is 0 Å². The van der Waals surface area contributed by atoms with Crippen molar-refractivity contribution in [2.75, 3.05) is 20.2 Å². The lowest BCUT2D eigenvalue weighted by Crippen LogP contribution is -2.31. The SMILES string of the molecule is CCN(CCC(=O)OC)C(=O)/C=C/c1ccc(F)c(Cl)c1. The maximum atomic E-state index is 13.0. The van der Waals surface area contributed by atoms with Gasteiger partial charge >= 0.3 is 5.97 Å². The lowest BCUT2D eigenvalue weighted by Gasteiger charge is -2.18. The Morgan fingerprint density at radius 2 is 2.14 bits per heavy atom. The molecule has 0 spiro atoms. The summed E-state index contributed by atoms with van der Waals surface area (Å²) in [6.07, 6.45) is 3.06. The predicted octanol–water partition coefficient (Wildman–Crippen LogP) is 2.90. The molecule has 1 aromatic carbocycles. The molecule has 6 heteroatoms. The summed E-state index contributed by atoms with van der Waals surface area (Å²) in [5.41, 5.74) is 0.624. The standard InChI is InChI=1S/C15H17ClFNO3/c1-3-18(9-8-15(20)21-2)14(19)7-5-11-4-6-13(17)12(16)10-11/h4-7,10H,3,8-9H2,1-2H3/b7-5+. The van der Waals surface area contributed by atoms with Gasteiger partial charge in [0.15, 0.2) is 0 Å². The van der Waals surface area contributed by atoms with Gasteiger partial charge < -0.3 is 9.64 Å². The number of hydrogen-bond donors (Lipinski definition) is 0. The van der Waals surface area contributed by atoms with Gasteiger partial charge in [0, 0.05) is 19.2 Å². The summed E-state index contributed by atoms with van der Waals surface area (Å²) in [5.74, 6) is -1.11. The van der Waals surface area contributed by atoms with E-state index in [1.54, 1.807) is 6.08 Å². The number of benzene rings is 1. The van der Waals surface area contributed by atoms with Crippen LogP contribution >= 0.6 is 11.6 Å². The van der Waals surface area contributed by atoms with Crippen LogP contribution in [0.15, 0.2) is 24.3 Å². The molecule has 0 aliphatic carbocycles. The molecule has 1 amide bonds. The molecule has 0 saturated carbocycles. The molecule has 21 heavy (non-hydrogen) atoms. The van der Waals surface area contributed by atoms with Crippen LogP contribution in [0.2, 0.25) is 5.02 Å². The van der Waals surface area contributed by atoms with Crippen LogP contribution in [0, 0.1) is 5.82 Å². The molecule has 0 aromatic heterocycles. The third-order valence-corrected chi connectivity index (χ3v) is 3.16. The number of nitrogens with zero attached hydrogens (tertiary/aromatic N) is 1. The predicted molar refractivity (Wildman–Crippen MR) is 79.3 cm³/mol. The second-order valence-electron chi connectivity index (χ2n) is 4.25. The molecule has 0 aliphatic rings. The number of carbonyl (C=O) groups excluding carboxylic acids is 2. The summed E-state index contributed by atoms with van der Waals surface area (Å²) in [6, 6.07) is 4.20. The molecular weight excluding hydrogens is 297 g/mol. The summed E-state index contributed by atoms with van der Waals surface area (Å²) in [5, 5.41) is 0.00244. The molecule has 0 N–H and O–H groups in total. The minimum absolute atomic E-state index is 0.00244. The normalized spacial score (nSPS) is 10.7. The second kappa shape index (κ2) is 8.42. The fourth-order valence-electron chi connectivity index (χ4n) is 1.64. The zero-order valence-electron chi connectivity index (χ0n) is 11.9. The molecule has 0 heterocycles. The Morgan fingerprint density at radius 1 is 1.43 bits per heavy atom. The van der Waals surface area contributed by atoms with Crippen molar-refractivity contribution in [1.29, 1.82) is 0 Å². The van der Waals surface area contributed by atoms with E-state index < -0.39 is 5.82 Å². The topological polar surface area (TPSA) is 46.6 Å². The zero-order chi connectivity index (χ0) is 15.8. The van der Waals surface area contributed by atoms with Gasteiger partial charge in [0.05, 0.1) is 18.6 Å². The lowest BCUT2D eigenvalue weighted by molar-refractivity contribution is -0.141. The minimum Gasteiger partial charge on any atom is -0.469 e. The molecule has 1 rings (SSSR count). The monoisotopic (exact) mass is 313 g/mol. The molecule has 4 nitrogen and oxygen atoms in total. The van der Waals surface area contributed by atoms with Crippen LogP contribution in [0.25, 0.3) is 6.08 Å². The van der Waals surface area contributed by atoms with Crippen molar-refractivity contribution in [3.8, 4) is 0 Å². The molecule has 0 unspecified atom stereocenters. The highest BCUT2D eigenvalue weighted by molar-refractivity contribution is 6.30. The number of likely N-dealkylation sites (N-methyl/N-ethyl adjacent to an activating group) is 1. The highest BCUT2D eigenvalue weighted by Crippen LogP contribution is 2.16. The van der Waals surface area contributed by atoms with Crippen molar-refractivity contribution in [3.63, 3.8) is 0 Å². The van der Waals surface area contributed by atoms with E-state index in [-0.39, 0.29) is 29.9 Å². The van der Waals surface area contributed by atoms with Crippen LogP contribution in [-0.4, -0.2) is 37.0 Å². The van der Waals surface area contributed by atoms with E-state index in [1.807, 2.05) is 6.92 Å². The van der Waals surface area contributed by atoms with Gasteiger partial charge in [-0.2, -0.15) is 0 Å². The van der Waals surface area contributed by atoms with Crippen LogP contribution in [0.4, 0.5) is 4.39 Å². The Bertz CT molecular complexity index is 546. The number of amides is 1. The molecule has 0 radical (unpaired) electrons. The molecule has 1 aromatic rings. The number of halogens is 2. The molecule has 114 valence electrons. The van der Waals surface area contributed by atoms with E-state index in [2.05, 4.69) is 4.74 Å². The number of esters is 1. The highest BCUT2D eigenvalue weighted by Gasteiger charge is 2.10. The van der Waals surface area contributed by atoms with Crippen molar-refractivity contribution in [2.45, 2.75) is 13.3 Å². The number of rotatable bonds is 6. The Morgan fingerprint density at radius 3 is 2.71 bits per heavy atom. The van der Waals surface area contributed by atoms with Crippen LogP contribution in [0.1, 0.15) is 18.9 Å². The van der Waals surface area contributed by atoms with Crippen LogP contribution in [0.5, 0.6) is 0 Å². The smallest absolute Gasteiger partial charge is 0.307 e. The zero-order valence-corrected chi connectivity index (χ0v) is 12.7. The molecular formula is C15H17ClFNO3. The highest BCUT2D eigenvalue weighted by atomic mass is 35.5. The number of carbonyl (C=O) groups is 2. The van der Waals surface area contributed by atoms with Gasteiger partial charge in [0.25, 0.3) is 0 Å². The fraction of sp³-hybridized carbons (Fsp3) is 0.333. The van der Waals surface area contributed by atoms with Gasteiger partial charge in [-0.1, -0.05) is 17.7 Å². The number of ether oxygens (including phenoxy) is 1. The van der Waals surface area contributed by atoms with E-state index in [1.165, 1.54) is 36.3 Å². The lowest BCUT2D eigenvalue weighted by atomic mass is 10.2. The summed E-state index contributed by atoms with van der Waals surface area (Å²) in [6.45, 7) is 2.58. The van der Waals surface area contributed by atoms with Crippen molar-refractivity contribution >= 4 is 29.6 Å². The third-order valence-electron chi connectivity index (χ3n) is 2.87. The maximum absolute atomic E-state index is 13.0. The van der Waals surface area contributed by atoms with Crippen molar-refractivity contribution in [1.82, 2.24) is 4.90 Å². The first-order chi connectivity index (χ1) is 9.97. The molecule has 0 atom stereocenters. The fourth-order valence-corrected chi connectivity index (χ4v) is 1.83. The van der Waals surface area contributed by atoms with Crippen molar-refractivity contribution < 1.29 is 18.7 Å². The summed E-state index contributed by atoms with van der Waals surface area (Å²) < 4.78 is 17.5. The first kappa shape index (κ1) is 17.2. The number of methoxy groups -OCH3 is 1. The summed E-state index contributed by atoms with van der Waals surface area (Å²) in [7, 11) is 1.30. The Hall–Kier alpha value is -1.88. The summed E-state index contributed by atoms with van der Waals surface area (Å²) in [4.78, 5) is 24.6. The Labute approximate surface area is 128 Å². The second-order valence-corrected chi connectivity index (χ2v) is 4.66. The van der Waals surface area contributed by atoms with Crippen molar-refractivity contribution in [2.24, 2.45) is 0 Å². The van der Waals surface area contributed by atoms with Crippen LogP contribution < -0.4 is 0 Å². The first-order valence-electron chi connectivity index (χ1n) is 6.46. The molecule has 0 aliphatic heterocycles. The maximum Gasteiger partial charge on any atom is 0.307 e. The van der Waals surface area contributed by atoms with E-state index in [9.17, 15) is 14.0 Å². The van der Waals surface area contributed by atoms with Crippen molar-refractivity contribution in [3.05, 3.63) is 40.7 Å². The van der Waals surface area contributed by atoms with Gasteiger partial charge in [-0.25, -0.2) is 4.39 Å². The molecule has 0 fully saturated rings. The third kappa shape index (κ3) is 5.55. The van der Waals surface area contributed by atoms with Crippen LogP contribution in [-0.2, 0) is 14.3 Å². The van der Waals surface area contributed by atoms with Gasteiger partial charge in [0.1, 0.15) is 5.82 Å². The van der Waals surface area contributed by atoms with E-state index in [0.29, 0.717) is 12.1 Å². The quantitative estimate of drug-likeness (QED) is 0.599. The average Bonchev–Trinajstić information content (AvgIpc) is 2.48. The van der Waals surface area contributed by atoms with E-state index in [4.69, 9.17) is 11.6 Å². The summed E-state index contributed by atoms with van der Waals surface area (Å²) >= 11 is 5.66. The molecule has 0 saturated heterocycles. The number of hydrogen-bond acceptors (Lipinski definition) is 3. The first-order valence-corrected chi connectivity index (χ1v) is 6.84. The minimum atomic E-state index is -0.506. The Balaban J connectivity index is 2.66. The van der Waals surface area contributed by atoms with Gasteiger partial charge in [-0.15, -0.1) is 0 Å². The largest absolute Gasteiger partial charge is 0.469 e. The molecule has 0 bridgehead atoms. The van der Waals surface area contributed by atoms with Crippen LogP contribution in [0.3, 0.4) is 0 Å². The van der Waals surface area contributed by atoms with Gasteiger partial charge in [-0.05, 0) is 30.7 Å². The average molecular weight is 314 g/mol.